The van der Waals surface area contributed by atoms with Crippen LogP contribution in [0, 0.1) is 11.7 Å². The van der Waals surface area contributed by atoms with Crippen molar-refractivity contribution in [3.63, 3.8) is 0 Å². The maximum Gasteiger partial charge on any atom is 0.303 e. The zero-order valence-electron chi connectivity index (χ0n) is 10.6. The Morgan fingerprint density at radius 2 is 2.32 bits per heavy atom. The number of nitrogens with zero attached hydrogens (tertiary/aromatic N) is 1. The molecule has 0 radical (unpaired) electrons. The second kappa shape index (κ2) is 6.35. The topological polar surface area (TPSA) is 40.5 Å². The Labute approximate surface area is 117 Å². The molecule has 19 heavy (non-hydrogen) atoms. The van der Waals surface area contributed by atoms with Crippen LogP contribution in [-0.4, -0.2) is 29.1 Å². The Balaban J connectivity index is 1.96. The van der Waals surface area contributed by atoms with Gasteiger partial charge in [0.1, 0.15) is 5.82 Å². The van der Waals surface area contributed by atoms with Crippen molar-refractivity contribution in [2.24, 2.45) is 5.92 Å². The number of halogens is 2. The number of hydrogen-bond acceptors (Lipinski definition) is 2. The summed E-state index contributed by atoms with van der Waals surface area (Å²) in [6.07, 6.45) is 2.10. The number of hydrogen-bond donors (Lipinski definition) is 1. The molecule has 1 saturated heterocycles. The van der Waals surface area contributed by atoms with Gasteiger partial charge in [0.15, 0.2) is 0 Å². The molecule has 0 bridgehead atoms. The van der Waals surface area contributed by atoms with Gasteiger partial charge in [-0.15, -0.1) is 0 Å². The molecule has 104 valence electrons. The molecule has 1 unspecified atom stereocenters. The number of benzene rings is 1. The van der Waals surface area contributed by atoms with Crippen molar-refractivity contribution in [1.29, 1.82) is 0 Å². The lowest BCUT2D eigenvalue weighted by Crippen LogP contribution is -2.36. The first-order valence-corrected chi connectivity index (χ1v) is 6.80. The lowest BCUT2D eigenvalue weighted by atomic mass is 9.94. The summed E-state index contributed by atoms with van der Waals surface area (Å²) >= 11 is 5.72. The van der Waals surface area contributed by atoms with E-state index in [-0.39, 0.29) is 18.2 Å². The number of rotatable bonds is 4. The van der Waals surface area contributed by atoms with Gasteiger partial charge in [-0.2, -0.15) is 0 Å². The van der Waals surface area contributed by atoms with Gasteiger partial charge in [0.25, 0.3) is 0 Å². The molecule has 2 rings (SSSR count). The van der Waals surface area contributed by atoms with E-state index < -0.39 is 5.97 Å². The molecule has 1 aliphatic heterocycles. The van der Waals surface area contributed by atoms with Crippen molar-refractivity contribution in [2.45, 2.75) is 25.8 Å². The van der Waals surface area contributed by atoms with E-state index in [2.05, 4.69) is 4.90 Å². The van der Waals surface area contributed by atoms with E-state index >= 15 is 0 Å². The number of carboxylic acid groups (broad SMARTS) is 1. The quantitative estimate of drug-likeness (QED) is 0.924. The summed E-state index contributed by atoms with van der Waals surface area (Å²) < 4.78 is 13.7. The molecule has 1 atom stereocenters. The highest BCUT2D eigenvalue weighted by atomic mass is 35.5. The van der Waals surface area contributed by atoms with Crippen molar-refractivity contribution < 1.29 is 14.3 Å². The molecule has 3 nitrogen and oxygen atoms in total. The molecule has 1 aliphatic rings. The first kappa shape index (κ1) is 14.3. The largest absolute Gasteiger partial charge is 0.481 e. The first-order chi connectivity index (χ1) is 9.04. The molecular formula is C14H17ClFNO2. The average molecular weight is 286 g/mol. The highest BCUT2D eigenvalue weighted by Crippen LogP contribution is 2.23. The van der Waals surface area contributed by atoms with Crippen molar-refractivity contribution in [2.75, 3.05) is 13.1 Å². The van der Waals surface area contributed by atoms with Gasteiger partial charge in [-0.3, -0.25) is 9.69 Å². The standard InChI is InChI=1S/C14H17ClFNO2/c15-12-4-3-11(13(16)7-12)9-17-5-1-2-10(8-17)6-14(18)19/h3-4,7,10H,1-2,5-6,8-9H2,(H,18,19). The summed E-state index contributed by atoms with van der Waals surface area (Å²) in [4.78, 5) is 12.8. The fraction of sp³-hybridized carbons (Fsp3) is 0.500. The third-order valence-corrected chi connectivity index (χ3v) is 3.71. The number of carbonyl (C=O) groups is 1. The molecular weight excluding hydrogens is 269 g/mol. The monoisotopic (exact) mass is 285 g/mol. The van der Waals surface area contributed by atoms with E-state index in [0.29, 0.717) is 23.7 Å². The zero-order chi connectivity index (χ0) is 13.8. The van der Waals surface area contributed by atoms with Crippen molar-refractivity contribution in [3.05, 3.63) is 34.6 Å². The van der Waals surface area contributed by atoms with E-state index in [1.54, 1.807) is 12.1 Å². The normalized spacial score (nSPS) is 20.4. The summed E-state index contributed by atoms with van der Waals surface area (Å²) in [7, 11) is 0. The SMILES string of the molecule is O=C(O)CC1CCCN(Cc2ccc(Cl)cc2F)C1. The summed E-state index contributed by atoms with van der Waals surface area (Å²) in [6, 6.07) is 4.69. The molecule has 0 aromatic heterocycles. The number of piperidine rings is 1. The number of likely N-dealkylation sites (tertiary alicyclic amines) is 1. The Kier molecular flexibility index (Phi) is 4.77. The minimum absolute atomic E-state index is 0.168. The van der Waals surface area contributed by atoms with Gasteiger partial charge in [-0.05, 0) is 37.4 Å². The molecule has 1 aromatic carbocycles. The Morgan fingerprint density at radius 1 is 1.53 bits per heavy atom. The summed E-state index contributed by atoms with van der Waals surface area (Å²) in [5.74, 6) is -0.890. The number of aliphatic carboxylic acids is 1. The minimum Gasteiger partial charge on any atom is -0.481 e. The Hall–Kier alpha value is -1.13. The van der Waals surface area contributed by atoms with Gasteiger partial charge in [0, 0.05) is 30.1 Å². The lowest BCUT2D eigenvalue weighted by Gasteiger charge is -2.32. The summed E-state index contributed by atoms with van der Waals surface area (Å²) in [6.45, 7) is 2.12. The zero-order valence-corrected chi connectivity index (χ0v) is 11.4. The third-order valence-electron chi connectivity index (χ3n) is 3.48. The second-order valence-corrected chi connectivity index (χ2v) is 5.51. The fourth-order valence-corrected chi connectivity index (χ4v) is 2.76. The van der Waals surface area contributed by atoms with E-state index in [4.69, 9.17) is 16.7 Å². The molecule has 0 aliphatic carbocycles. The molecule has 1 heterocycles. The smallest absolute Gasteiger partial charge is 0.303 e. The summed E-state index contributed by atoms with van der Waals surface area (Å²) in [5.41, 5.74) is 0.611. The van der Waals surface area contributed by atoms with Crippen molar-refractivity contribution in [1.82, 2.24) is 4.90 Å². The number of carboxylic acids is 1. The molecule has 5 heteroatoms. The maximum absolute atomic E-state index is 13.7. The molecule has 1 fully saturated rings. The van der Waals surface area contributed by atoms with E-state index in [9.17, 15) is 9.18 Å². The lowest BCUT2D eigenvalue weighted by molar-refractivity contribution is -0.138. The van der Waals surface area contributed by atoms with E-state index in [1.165, 1.54) is 6.07 Å². The van der Waals surface area contributed by atoms with Crippen molar-refractivity contribution in [3.8, 4) is 0 Å². The molecule has 0 amide bonds. The van der Waals surface area contributed by atoms with Gasteiger partial charge in [0.05, 0.1) is 0 Å². The fourth-order valence-electron chi connectivity index (χ4n) is 2.60. The van der Waals surface area contributed by atoms with Crippen LogP contribution in [-0.2, 0) is 11.3 Å². The van der Waals surface area contributed by atoms with Gasteiger partial charge in [-0.25, -0.2) is 4.39 Å². The minimum atomic E-state index is -0.760. The van der Waals surface area contributed by atoms with Crippen LogP contribution in [0.3, 0.4) is 0 Å². The van der Waals surface area contributed by atoms with E-state index in [0.717, 1.165) is 19.4 Å². The Morgan fingerprint density at radius 3 is 3.00 bits per heavy atom. The predicted molar refractivity (Wildman–Crippen MR) is 71.7 cm³/mol. The average Bonchev–Trinajstić information content (AvgIpc) is 2.32. The van der Waals surface area contributed by atoms with Gasteiger partial charge in [-0.1, -0.05) is 17.7 Å². The summed E-state index contributed by atoms with van der Waals surface area (Å²) in [5, 5.41) is 9.22. The van der Waals surface area contributed by atoms with Crippen LogP contribution in [0.2, 0.25) is 5.02 Å². The van der Waals surface area contributed by atoms with Crippen LogP contribution in [0.1, 0.15) is 24.8 Å². The Bertz CT molecular complexity index is 467. The van der Waals surface area contributed by atoms with Gasteiger partial charge < -0.3 is 5.11 Å². The molecule has 0 saturated carbocycles. The predicted octanol–water partition coefficient (Wildman–Crippen LogP) is 3.17. The highest BCUT2D eigenvalue weighted by molar-refractivity contribution is 6.30. The van der Waals surface area contributed by atoms with Crippen LogP contribution >= 0.6 is 11.6 Å². The van der Waals surface area contributed by atoms with Crippen LogP contribution < -0.4 is 0 Å². The third kappa shape index (κ3) is 4.18. The van der Waals surface area contributed by atoms with Crippen LogP contribution in [0.4, 0.5) is 4.39 Å². The first-order valence-electron chi connectivity index (χ1n) is 6.42. The van der Waals surface area contributed by atoms with Crippen LogP contribution in [0.25, 0.3) is 0 Å². The van der Waals surface area contributed by atoms with Crippen molar-refractivity contribution >= 4 is 17.6 Å². The van der Waals surface area contributed by atoms with Gasteiger partial charge in [0.2, 0.25) is 0 Å². The second-order valence-electron chi connectivity index (χ2n) is 5.08. The highest BCUT2D eigenvalue weighted by Gasteiger charge is 2.22. The van der Waals surface area contributed by atoms with E-state index in [1.807, 2.05) is 0 Å². The molecule has 1 aromatic rings. The van der Waals surface area contributed by atoms with Crippen LogP contribution in [0.5, 0.6) is 0 Å². The molecule has 1 N–H and O–H groups in total. The maximum atomic E-state index is 13.7. The molecule has 0 spiro atoms. The van der Waals surface area contributed by atoms with Crippen LogP contribution in [0.15, 0.2) is 18.2 Å². The van der Waals surface area contributed by atoms with Gasteiger partial charge >= 0.3 is 5.97 Å².